The van der Waals surface area contributed by atoms with Gasteiger partial charge in [-0.25, -0.2) is 4.39 Å². The first-order chi connectivity index (χ1) is 7.70. The zero-order valence-corrected chi connectivity index (χ0v) is 11.2. The van der Waals surface area contributed by atoms with E-state index in [9.17, 15) is 4.39 Å². The van der Waals surface area contributed by atoms with Crippen molar-refractivity contribution in [3.05, 3.63) is 34.7 Å². The molecule has 1 N–H and O–H groups in total. The highest BCUT2D eigenvalue weighted by atomic mass is 35.5. The van der Waals surface area contributed by atoms with E-state index in [1.807, 2.05) is 40.8 Å². The summed E-state index contributed by atoms with van der Waals surface area (Å²) in [6.07, 6.45) is 1.82. The molecule has 1 heterocycles. The van der Waals surface area contributed by atoms with E-state index in [1.165, 1.54) is 6.07 Å². The Morgan fingerprint density at radius 2 is 1.69 bits per heavy atom. The van der Waals surface area contributed by atoms with Crippen LogP contribution in [0.15, 0.2) is 18.3 Å². The largest absolute Gasteiger partial charge is 0.360 e. The maximum absolute atomic E-state index is 12.9. The van der Waals surface area contributed by atoms with Crippen LogP contribution in [0.5, 0.6) is 0 Å². The van der Waals surface area contributed by atoms with Crippen molar-refractivity contribution in [3.63, 3.8) is 0 Å². The Morgan fingerprint density at radius 1 is 1.12 bits per heavy atom. The van der Waals surface area contributed by atoms with Gasteiger partial charge in [-0.2, -0.15) is 0 Å². The summed E-state index contributed by atoms with van der Waals surface area (Å²) in [5, 5.41) is 1.14. The van der Waals surface area contributed by atoms with Gasteiger partial charge in [0.15, 0.2) is 0 Å². The number of H-pyrrole nitrogens is 1. The predicted octanol–water partition coefficient (Wildman–Crippen LogP) is 5.32. The van der Waals surface area contributed by atoms with E-state index in [-0.39, 0.29) is 10.8 Å². The van der Waals surface area contributed by atoms with E-state index in [0.717, 1.165) is 10.9 Å². The quantitative estimate of drug-likeness (QED) is 0.644. The number of hydrogen-bond acceptors (Lipinski definition) is 0. The molecule has 0 bridgehead atoms. The molecule has 0 saturated carbocycles. The third kappa shape index (κ3) is 2.99. The van der Waals surface area contributed by atoms with Gasteiger partial charge in [-0.3, -0.25) is 0 Å². The monoisotopic (exact) mass is 243 g/mol. The summed E-state index contributed by atoms with van der Waals surface area (Å²) < 4.78 is 12.9. The summed E-state index contributed by atoms with van der Waals surface area (Å²) >= 11 is 5.73. The molecular weight excluding hydrogens is 225 g/mol. The zero-order valence-electron chi connectivity index (χ0n) is 10.5. The molecule has 0 fully saturated rings. The van der Waals surface area contributed by atoms with Gasteiger partial charge in [-0.05, 0) is 24.6 Å². The van der Waals surface area contributed by atoms with Gasteiger partial charge in [0.1, 0.15) is 10.8 Å². The van der Waals surface area contributed by atoms with Crippen molar-refractivity contribution >= 4 is 22.5 Å². The molecule has 2 aromatic rings. The molecule has 0 amide bonds. The van der Waals surface area contributed by atoms with Gasteiger partial charge < -0.3 is 4.98 Å². The van der Waals surface area contributed by atoms with E-state index < -0.39 is 0 Å². The average Bonchev–Trinajstić information content (AvgIpc) is 2.72. The fourth-order valence-electron chi connectivity index (χ4n) is 1.28. The van der Waals surface area contributed by atoms with Gasteiger partial charge in [0.25, 0.3) is 0 Å². The Hall–Kier alpha value is -1.02. The molecule has 0 atom stereocenters. The van der Waals surface area contributed by atoms with E-state index in [4.69, 9.17) is 11.6 Å². The summed E-state index contributed by atoms with van der Waals surface area (Å²) in [5.74, 6) is -0.383. The number of aryl methyl sites for hydroxylation is 1. The smallest absolute Gasteiger partial charge is 0.143 e. The Balaban J connectivity index is 0.000000509. The lowest BCUT2D eigenvalue weighted by Gasteiger charge is -1.95. The molecule has 1 aromatic carbocycles. The SMILES string of the molecule is CC.CC.Cc1c[nH]c2c(Cl)c(F)ccc12. The standard InChI is InChI=1S/C9H7ClFN.2C2H6/c1-5-4-12-9-6(5)2-3-7(11)8(9)10;2*1-2/h2-4,12H,1H3;2*1-2H3. The van der Waals surface area contributed by atoms with Crippen LogP contribution in [-0.2, 0) is 0 Å². The number of aromatic nitrogens is 1. The van der Waals surface area contributed by atoms with Crippen LogP contribution in [0.2, 0.25) is 5.02 Å². The van der Waals surface area contributed by atoms with Gasteiger partial charge in [0, 0.05) is 11.6 Å². The highest BCUT2D eigenvalue weighted by molar-refractivity contribution is 6.35. The maximum Gasteiger partial charge on any atom is 0.143 e. The van der Waals surface area contributed by atoms with Crippen LogP contribution >= 0.6 is 11.6 Å². The van der Waals surface area contributed by atoms with Crippen molar-refractivity contribution in [1.82, 2.24) is 4.98 Å². The molecule has 0 saturated heterocycles. The van der Waals surface area contributed by atoms with Crippen LogP contribution in [0.25, 0.3) is 10.9 Å². The topological polar surface area (TPSA) is 15.8 Å². The van der Waals surface area contributed by atoms with E-state index in [1.54, 1.807) is 6.07 Å². The number of benzene rings is 1. The zero-order chi connectivity index (χ0) is 12.7. The Kier molecular flexibility index (Phi) is 6.82. The second-order valence-corrected chi connectivity index (χ2v) is 3.13. The van der Waals surface area contributed by atoms with Gasteiger partial charge >= 0.3 is 0 Å². The Labute approximate surface area is 102 Å². The van der Waals surface area contributed by atoms with Crippen LogP contribution in [-0.4, -0.2) is 4.98 Å². The van der Waals surface area contributed by atoms with Gasteiger partial charge in [0.05, 0.1) is 5.52 Å². The second kappa shape index (κ2) is 7.29. The van der Waals surface area contributed by atoms with Crippen LogP contribution in [0, 0.1) is 12.7 Å². The lowest BCUT2D eigenvalue weighted by Crippen LogP contribution is -1.77. The highest BCUT2D eigenvalue weighted by Gasteiger charge is 2.07. The van der Waals surface area contributed by atoms with Crippen LogP contribution in [0.1, 0.15) is 33.3 Å². The van der Waals surface area contributed by atoms with Crippen LogP contribution in [0.3, 0.4) is 0 Å². The molecule has 3 heteroatoms. The first-order valence-corrected chi connectivity index (χ1v) is 5.99. The summed E-state index contributed by atoms with van der Waals surface area (Å²) in [7, 11) is 0. The van der Waals surface area contributed by atoms with Gasteiger partial charge in [0.2, 0.25) is 0 Å². The summed E-state index contributed by atoms with van der Waals surface area (Å²) in [5.41, 5.74) is 1.75. The third-order valence-corrected chi connectivity index (χ3v) is 2.32. The minimum atomic E-state index is -0.383. The lowest BCUT2D eigenvalue weighted by atomic mass is 10.2. The summed E-state index contributed by atoms with van der Waals surface area (Å²) in [4.78, 5) is 2.92. The molecule has 0 unspecified atom stereocenters. The number of nitrogens with one attached hydrogen (secondary N) is 1. The molecule has 1 aromatic heterocycles. The first-order valence-electron chi connectivity index (χ1n) is 5.62. The normalized spacial score (nSPS) is 8.94. The van der Waals surface area contributed by atoms with Crippen molar-refractivity contribution < 1.29 is 4.39 Å². The molecule has 90 valence electrons. The minimum absolute atomic E-state index is 0.167. The van der Waals surface area contributed by atoms with E-state index in [0.29, 0.717) is 5.52 Å². The number of rotatable bonds is 0. The van der Waals surface area contributed by atoms with Crippen molar-refractivity contribution in [1.29, 1.82) is 0 Å². The molecule has 16 heavy (non-hydrogen) atoms. The average molecular weight is 244 g/mol. The minimum Gasteiger partial charge on any atom is -0.360 e. The molecule has 0 spiro atoms. The Morgan fingerprint density at radius 3 is 2.25 bits per heavy atom. The van der Waals surface area contributed by atoms with Crippen molar-refractivity contribution in [2.45, 2.75) is 34.6 Å². The Bertz CT molecular complexity index is 435. The summed E-state index contributed by atoms with van der Waals surface area (Å²) in [6.45, 7) is 9.95. The number of hydrogen-bond donors (Lipinski definition) is 1. The first kappa shape index (κ1) is 15.0. The molecule has 0 aliphatic rings. The van der Waals surface area contributed by atoms with Crippen LogP contribution in [0.4, 0.5) is 4.39 Å². The fraction of sp³-hybridized carbons (Fsp3) is 0.385. The maximum atomic E-state index is 12.9. The number of fused-ring (bicyclic) bond motifs is 1. The number of halogens is 2. The summed E-state index contributed by atoms with van der Waals surface area (Å²) in [6, 6.07) is 3.11. The molecule has 0 radical (unpaired) electrons. The number of aromatic amines is 1. The van der Waals surface area contributed by atoms with Gasteiger partial charge in [-0.15, -0.1) is 0 Å². The fourth-order valence-corrected chi connectivity index (χ4v) is 1.50. The van der Waals surface area contributed by atoms with Gasteiger partial charge in [-0.1, -0.05) is 39.3 Å². The van der Waals surface area contributed by atoms with Crippen molar-refractivity contribution in [2.75, 3.05) is 0 Å². The van der Waals surface area contributed by atoms with Crippen molar-refractivity contribution in [3.8, 4) is 0 Å². The third-order valence-electron chi connectivity index (χ3n) is 1.95. The van der Waals surface area contributed by atoms with Crippen LogP contribution < -0.4 is 0 Å². The molecular formula is C13H19ClFN. The predicted molar refractivity (Wildman–Crippen MR) is 70.7 cm³/mol. The molecule has 0 aliphatic carbocycles. The van der Waals surface area contributed by atoms with Crippen molar-refractivity contribution in [2.24, 2.45) is 0 Å². The second-order valence-electron chi connectivity index (χ2n) is 2.76. The van der Waals surface area contributed by atoms with E-state index >= 15 is 0 Å². The highest BCUT2D eigenvalue weighted by Crippen LogP contribution is 2.26. The van der Waals surface area contributed by atoms with E-state index in [2.05, 4.69) is 4.98 Å². The molecule has 1 nitrogen and oxygen atoms in total. The lowest BCUT2D eigenvalue weighted by molar-refractivity contribution is 0.630. The molecule has 2 rings (SSSR count). The molecule has 0 aliphatic heterocycles.